The topological polar surface area (TPSA) is 18.5 Å². The maximum absolute atomic E-state index is 5.23. The molecular weight excluding hydrogens is 164 g/mol. The van der Waals surface area contributed by atoms with Crippen molar-refractivity contribution in [2.75, 3.05) is 14.2 Å². The molecule has 0 saturated heterocycles. The predicted molar refractivity (Wildman–Crippen MR) is 52.0 cm³/mol. The summed E-state index contributed by atoms with van der Waals surface area (Å²) in [5.74, 6) is 1.78. The lowest BCUT2D eigenvalue weighted by molar-refractivity contribution is 0.401. The van der Waals surface area contributed by atoms with Crippen molar-refractivity contribution in [3.63, 3.8) is 0 Å². The maximum atomic E-state index is 5.23. The number of rotatable bonds is 2. The number of fused-ring (bicyclic) bond motifs is 1. The Morgan fingerprint density at radius 2 is 1.54 bits per heavy atom. The van der Waals surface area contributed by atoms with Gasteiger partial charge in [0.15, 0.2) is 0 Å². The third kappa shape index (κ3) is 1.18. The van der Waals surface area contributed by atoms with E-state index in [2.05, 4.69) is 0 Å². The van der Waals surface area contributed by atoms with Gasteiger partial charge in [0.1, 0.15) is 11.5 Å². The summed E-state index contributed by atoms with van der Waals surface area (Å²) in [6.07, 6.45) is 6.04. The predicted octanol–water partition coefficient (Wildman–Crippen LogP) is 2.28. The Hall–Kier alpha value is -1.44. The minimum atomic E-state index is 0.890. The Morgan fingerprint density at radius 3 is 2.15 bits per heavy atom. The van der Waals surface area contributed by atoms with Crippen LogP contribution in [-0.4, -0.2) is 14.2 Å². The molecule has 0 unspecified atom stereocenters. The molecule has 0 N–H and O–H groups in total. The van der Waals surface area contributed by atoms with E-state index in [9.17, 15) is 0 Å². The lowest BCUT2D eigenvalue weighted by Gasteiger charge is -2.10. The first-order valence-electron chi connectivity index (χ1n) is 4.13. The molecule has 0 aromatic heterocycles. The molecule has 1 aliphatic rings. The highest BCUT2D eigenvalue weighted by Gasteiger charge is 2.15. The van der Waals surface area contributed by atoms with Crippen molar-refractivity contribution in [1.82, 2.24) is 0 Å². The average Bonchev–Trinajstić information content (AvgIpc) is 2.64. The quantitative estimate of drug-likeness (QED) is 0.686. The molecule has 0 spiro atoms. The molecule has 1 radical (unpaired) electrons. The highest BCUT2D eigenvalue weighted by atomic mass is 16.5. The molecule has 67 valence electrons. The first kappa shape index (κ1) is 8.17. The zero-order valence-electron chi connectivity index (χ0n) is 7.70. The Kier molecular flexibility index (Phi) is 1.97. The SMILES string of the molecule is COc1ccc(OC)c2c1[CH]C=C2. The highest BCUT2D eigenvalue weighted by molar-refractivity contribution is 5.73. The fraction of sp³-hybridized carbons (Fsp3) is 0.182. The number of benzene rings is 1. The fourth-order valence-corrected chi connectivity index (χ4v) is 1.54. The van der Waals surface area contributed by atoms with E-state index in [0.717, 1.165) is 22.6 Å². The third-order valence-electron chi connectivity index (χ3n) is 2.17. The molecular formula is C11H11O2. The summed E-state index contributed by atoms with van der Waals surface area (Å²) in [6.45, 7) is 0. The lowest BCUT2D eigenvalue weighted by atomic mass is 10.1. The molecule has 0 amide bonds. The van der Waals surface area contributed by atoms with Crippen molar-refractivity contribution in [1.29, 1.82) is 0 Å². The van der Waals surface area contributed by atoms with Crippen LogP contribution in [0, 0.1) is 6.42 Å². The van der Waals surface area contributed by atoms with Crippen molar-refractivity contribution >= 4 is 6.08 Å². The highest BCUT2D eigenvalue weighted by Crippen LogP contribution is 2.36. The van der Waals surface area contributed by atoms with Crippen LogP contribution in [-0.2, 0) is 0 Å². The summed E-state index contributed by atoms with van der Waals surface area (Å²) >= 11 is 0. The summed E-state index contributed by atoms with van der Waals surface area (Å²) in [4.78, 5) is 0. The van der Waals surface area contributed by atoms with Crippen LogP contribution in [0.1, 0.15) is 11.1 Å². The fourth-order valence-electron chi connectivity index (χ4n) is 1.54. The number of methoxy groups -OCH3 is 2. The van der Waals surface area contributed by atoms with Gasteiger partial charge in [-0.1, -0.05) is 12.2 Å². The normalized spacial score (nSPS) is 12.8. The van der Waals surface area contributed by atoms with Crippen molar-refractivity contribution < 1.29 is 9.47 Å². The van der Waals surface area contributed by atoms with E-state index in [1.54, 1.807) is 14.2 Å². The summed E-state index contributed by atoms with van der Waals surface area (Å²) in [7, 11) is 3.35. The standard InChI is InChI=1S/C11H11O2/c1-12-10-6-7-11(13-2)9-5-3-4-8(9)10/h3-7H,1-2H3. The van der Waals surface area contributed by atoms with E-state index in [-0.39, 0.29) is 0 Å². The first-order chi connectivity index (χ1) is 6.36. The monoisotopic (exact) mass is 175 g/mol. The second-order valence-corrected chi connectivity index (χ2v) is 2.82. The van der Waals surface area contributed by atoms with Gasteiger partial charge in [-0.2, -0.15) is 0 Å². The van der Waals surface area contributed by atoms with Crippen molar-refractivity contribution in [2.24, 2.45) is 0 Å². The van der Waals surface area contributed by atoms with Gasteiger partial charge in [-0.05, 0) is 12.1 Å². The van der Waals surface area contributed by atoms with Gasteiger partial charge in [-0.3, -0.25) is 0 Å². The number of ether oxygens (including phenoxy) is 2. The van der Waals surface area contributed by atoms with Gasteiger partial charge >= 0.3 is 0 Å². The maximum Gasteiger partial charge on any atom is 0.126 e. The van der Waals surface area contributed by atoms with E-state index in [1.807, 2.05) is 30.7 Å². The molecule has 13 heavy (non-hydrogen) atoms. The minimum absolute atomic E-state index is 0.890. The summed E-state index contributed by atoms with van der Waals surface area (Å²) in [5.41, 5.74) is 2.20. The molecule has 1 aromatic carbocycles. The Bertz CT molecular complexity index is 353. The number of hydrogen-bond donors (Lipinski definition) is 0. The van der Waals surface area contributed by atoms with E-state index in [1.165, 1.54) is 0 Å². The zero-order valence-corrected chi connectivity index (χ0v) is 7.70. The van der Waals surface area contributed by atoms with Gasteiger partial charge in [-0.15, -0.1) is 0 Å². The van der Waals surface area contributed by atoms with Crippen LogP contribution in [0.5, 0.6) is 11.5 Å². The van der Waals surface area contributed by atoms with Gasteiger partial charge in [0, 0.05) is 17.5 Å². The van der Waals surface area contributed by atoms with Gasteiger partial charge in [-0.25, -0.2) is 0 Å². The van der Waals surface area contributed by atoms with E-state index in [4.69, 9.17) is 9.47 Å². The molecule has 1 aliphatic carbocycles. The van der Waals surface area contributed by atoms with Gasteiger partial charge in [0.05, 0.1) is 14.2 Å². The molecule has 0 aliphatic heterocycles. The summed E-state index contributed by atoms with van der Waals surface area (Å²) in [6, 6.07) is 3.84. The average molecular weight is 175 g/mol. The molecule has 1 aromatic rings. The van der Waals surface area contributed by atoms with Crippen molar-refractivity contribution in [3.8, 4) is 11.5 Å². The minimum Gasteiger partial charge on any atom is -0.496 e. The Labute approximate surface area is 77.8 Å². The molecule has 0 fully saturated rings. The van der Waals surface area contributed by atoms with Gasteiger partial charge in [0.25, 0.3) is 0 Å². The second-order valence-electron chi connectivity index (χ2n) is 2.82. The van der Waals surface area contributed by atoms with Crippen LogP contribution < -0.4 is 9.47 Å². The molecule has 0 heterocycles. The van der Waals surface area contributed by atoms with Crippen molar-refractivity contribution in [2.45, 2.75) is 0 Å². The molecule has 2 heteroatoms. The van der Waals surface area contributed by atoms with Crippen LogP contribution >= 0.6 is 0 Å². The van der Waals surface area contributed by atoms with Crippen LogP contribution in [0.3, 0.4) is 0 Å². The molecule has 2 rings (SSSR count). The van der Waals surface area contributed by atoms with Gasteiger partial charge < -0.3 is 9.47 Å². The number of allylic oxidation sites excluding steroid dienone is 1. The number of hydrogen-bond acceptors (Lipinski definition) is 2. The van der Waals surface area contributed by atoms with Crippen LogP contribution in [0.2, 0.25) is 0 Å². The summed E-state index contributed by atoms with van der Waals surface area (Å²) in [5, 5.41) is 0. The van der Waals surface area contributed by atoms with Crippen LogP contribution in [0.4, 0.5) is 0 Å². The molecule has 0 bridgehead atoms. The van der Waals surface area contributed by atoms with Gasteiger partial charge in [0.2, 0.25) is 0 Å². The third-order valence-corrected chi connectivity index (χ3v) is 2.17. The Morgan fingerprint density at radius 1 is 0.923 bits per heavy atom. The van der Waals surface area contributed by atoms with Crippen molar-refractivity contribution in [3.05, 3.63) is 35.8 Å². The first-order valence-corrected chi connectivity index (χ1v) is 4.13. The molecule has 0 atom stereocenters. The largest absolute Gasteiger partial charge is 0.496 e. The zero-order chi connectivity index (χ0) is 9.26. The van der Waals surface area contributed by atoms with E-state index >= 15 is 0 Å². The van der Waals surface area contributed by atoms with E-state index < -0.39 is 0 Å². The lowest BCUT2D eigenvalue weighted by Crippen LogP contribution is -1.93. The summed E-state index contributed by atoms with van der Waals surface area (Å²) < 4.78 is 10.5. The Balaban J connectivity index is 2.56. The second kappa shape index (κ2) is 3.13. The molecule has 2 nitrogen and oxygen atoms in total. The van der Waals surface area contributed by atoms with Crippen LogP contribution in [0.25, 0.3) is 6.08 Å². The smallest absolute Gasteiger partial charge is 0.126 e. The van der Waals surface area contributed by atoms with Crippen LogP contribution in [0.15, 0.2) is 18.2 Å². The van der Waals surface area contributed by atoms with E-state index in [0.29, 0.717) is 0 Å². The molecule has 0 saturated carbocycles.